The Morgan fingerprint density at radius 3 is 1.27 bits per heavy atom. The average molecular weight is 342 g/mol. The molecule has 0 heterocycles. The number of rotatable bonds is 7. The summed E-state index contributed by atoms with van der Waals surface area (Å²) in [6.45, 7) is 0. The fraction of sp³-hybridized carbons (Fsp3) is 0.125. The van der Waals surface area contributed by atoms with Crippen molar-refractivity contribution >= 4 is 5.97 Å². The maximum absolute atomic E-state index is 12.1. The fourth-order valence-electron chi connectivity index (χ4n) is 3.11. The lowest BCUT2D eigenvalue weighted by atomic mass is 9.91. The molecule has 0 aromatic heterocycles. The minimum Gasteiger partial charge on any atom is -0.478 e. The highest BCUT2D eigenvalue weighted by Crippen LogP contribution is 2.21. The third-order valence-corrected chi connectivity index (χ3v) is 4.43. The summed E-state index contributed by atoms with van der Waals surface area (Å²) < 4.78 is 0. The lowest BCUT2D eigenvalue weighted by Crippen LogP contribution is -2.11. The molecule has 3 rings (SSSR count). The largest absolute Gasteiger partial charge is 0.478 e. The SMILES string of the molecule is O=C(O)C(Cc1ccccc1)=C(Cc1ccccc1)Cc1ccccc1. The number of hydrogen-bond acceptors (Lipinski definition) is 1. The van der Waals surface area contributed by atoms with Gasteiger partial charge in [-0.2, -0.15) is 0 Å². The highest BCUT2D eigenvalue weighted by atomic mass is 16.4. The molecule has 0 radical (unpaired) electrons. The van der Waals surface area contributed by atoms with Gasteiger partial charge >= 0.3 is 5.97 Å². The third kappa shape index (κ3) is 4.93. The zero-order chi connectivity index (χ0) is 18.2. The topological polar surface area (TPSA) is 37.3 Å². The van der Waals surface area contributed by atoms with Gasteiger partial charge in [-0.25, -0.2) is 4.79 Å². The van der Waals surface area contributed by atoms with Crippen LogP contribution in [0.1, 0.15) is 16.7 Å². The van der Waals surface area contributed by atoms with Crippen LogP contribution in [0.15, 0.2) is 102 Å². The molecule has 2 nitrogen and oxygen atoms in total. The first kappa shape index (κ1) is 17.7. The molecular formula is C24H22O2. The van der Waals surface area contributed by atoms with Crippen LogP contribution in [0.3, 0.4) is 0 Å². The summed E-state index contributed by atoms with van der Waals surface area (Å²) in [7, 11) is 0. The van der Waals surface area contributed by atoms with E-state index in [1.54, 1.807) is 0 Å². The van der Waals surface area contributed by atoms with Crippen LogP contribution in [0.5, 0.6) is 0 Å². The van der Waals surface area contributed by atoms with Gasteiger partial charge in [0.05, 0.1) is 0 Å². The molecule has 0 aliphatic carbocycles. The van der Waals surface area contributed by atoms with Crippen molar-refractivity contribution in [2.45, 2.75) is 19.3 Å². The zero-order valence-electron chi connectivity index (χ0n) is 14.6. The Labute approximate surface area is 154 Å². The molecule has 0 amide bonds. The van der Waals surface area contributed by atoms with E-state index in [2.05, 4.69) is 0 Å². The third-order valence-electron chi connectivity index (χ3n) is 4.43. The Bertz CT molecular complexity index is 822. The highest BCUT2D eigenvalue weighted by Gasteiger charge is 2.16. The number of carbonyl (C=O) groups is 1. The first-order valence-electron chi connectivity index (χ1n) is 8.78. The van der Waals surface area contributed by atoms with E-state index < -0.39 is 5.97 Å². The second-order valence-corrected chi connectivity index (χ2v) is 6.37. The Kier molecular flexibility index (Phi) is 6.00. The Morgan fingerprint density at radius 2 is 0.923 bits per heavy atom. The van der Waals surface area contributed by atoms with Crippen LogP contribution in [0.25, 0.3) is 0 Å². The normalized spacial score (nSPS) is 10.3. The Hall–Kier alpha value is -3.13. The van der Waals surface area contributed by atoms with Crippen molar-refractivity contribution in [3.8, 4) is 0 Å². The van der Waals surface area contributed by atoms with Crippen LogP contribution >= 0.6 is 0 Å². The van der Waals surface area contributed by atoms with Crippen molar-refractivity contribution in [3.63, 3.8) is 0 Å². The van der Waals surface area contributed by atoms with Gasteiger partial charge in [0.25, 0.3) is 0 Å². The predicted molar refractivity (Wildman–Crippen MR) is 105 cm³/mol. The number of carboxylic acid groups (broad SMARTS) is 1. The first-order valence-corrected chi connectivity index (χ1v) is 8.78. The average Bonchev–Trinajstić information content (AvgIpc) is 2.68. The van der Waals surface area contributed by atoms with Gasteiger partial charge < -0.3 is 5.11 Å². The quantitative estimate of drug-likeness (QED) is 0.607. The van der Waals surface area contributed by atoms with E-state index in [9.17, 15) is 9.90 Å². The Morgan fingerprint density at radius 1 is 0.577 bits per heavy atom. The van der Waals surface area contributed by atoms with Gasteiger partial charge in [0.1, 0.15) is 0 Å². The number of allylic oxidation sites excluding steroid dienone is 1. The smallest absolute Gasteiger partial charge is 0.331 e. The highest BCUT2D eigenvalue weighted by molar-refractivity contribution is 5.88. The summed E-state index contributed by atoms with van der Waals surface area (Å²) in [5.74, 6) is -0.837. The number of aliphatic carboxylic acids is 1. The molecule has 1 N–H and O–H groups in total. The molecule has 0 fully saturated rings. The molecule has 0 spiro atoms. The first-order chi connectivity index (χ1) is 12.7. The molecule has 0 aliphatic rings. The van der Waals surface area contributed by atoms with E-state index in [0.29, 0.717) is 24.8 Å². The predicted octanol–water partition coefficient (Wildman–Crippen LogP) is 5.10. The molecule has 0 saturated carbocycles. The molecule has 0 aliphatic heterocycles. The van der Waals surface area contributed by atoms with Crippen molar-refractivity contribution in [1.82, 2.24) is 0 Å². The molecule has 3 aromatic carbocycles. The van der Waals surface area contributed by atoms with Crippen LogP contribution in [-0.2, 0) is 24.1 Å². The lowest BCUT2D eigenvalue weighted by molar-refractivity contribution is -0.132. The second kappa shape index (κ2) is 8.82. The van der Waals surface area contributed by atoms with Crippen molar-refractivity contribution in [3.05, 3.63) is 119 Å². The van der Waals surface area contributed by atoms with Gasteiger partial charge in [0.2, 0.25) is 0 Å². The maximum Gasteiger partial charge on any atom is 0.331 e. The summed E-state index contributed by atoms with van der Waals surface area (Å²) in [5, 5.41) is 9.90. The minimum atomic E-state index is -0.837. The summed E-state index contributed by atoms with van der Waals surface area (Å²) in [6.07, 6.45) is 1.72. The molecule has 130 valence electrons. The standard InChI is InChI=1S/C24H22O2/c25-24(26)23(18-21-14-8-3-9-15-21)22(16-19-10-4-1-5-11-19)17-20-12-6-2-7-13-20/h1-15H,16-18H2,(H,25,26). The molecule has 0 unspecified atom stereocenters. The molecule has 0 atom stereocenters. The van der Waals surface area contributed by atoms with Gasteiger partial charge in [-0.15, -0.1) is 0 Å². The van der Waals surface area contributed by atoms with Crippen molar-refractivity contribution in [2.24, 2.45) is 0 Å². The lowest BCUT2D eigenvalue weighted by Gasteiger charge is -2.14. The molecule has 0 bridgehead atoms. The zero-order valence-corrected chi connectivity index (χ0v) is 14.6. The molecule has 26 heavy (non-hydrogen) atoms. The number of benzene rings is 3. The van der Waals surface area contributed by atoms with E-state index >= 15 is 0 Å². The van der Waals surface area contributed by atoms with E-state index in [1.165, 1.54) is 0 Å². The summed E-state index contributed by atoms with van der Waals surface area (Å²) in [5.41, 5.74) is 4.72. The van der Waals surface area contributed by atoms with Crippen LogP contribution in [0, 0.1) is 0 Å². The summed E-state index contributed by atoms with van der Waals surface area (Å²) >= 11 is 0. The molecule has 0 saturated heterocycles. The van der Waals surface area contributed by atoms with Crippen molar-refractivity contribution in [1.29, 1.82) is 0 Å². The van der Waals surface area contributed by atoms with Crippen LogP contribution in [0.4, 0.5) is 0 Å². The van der Waals surface area contributed by atoms with Crippen LogP contribution in [-0.4, -0.2) is 11.1 Å². The minimum absolute atomic E-state index is 0.436. The van der Waals surface area contributed by atoms with E-state index in [0.717, 1.165) is 22.3 Å². The van der Waals surface area contributed by atoms with Gasteiger partial charge in [0, 0.05) is 12.0 Å². The van der Waals surface area contributed by atoms with Crippen molar-refractivity contribution in [2.75, 3.05) is 0 Å². The summed E-state index contributed by atoms with van der Waals surface area (Å²) in [4.78, 5) is 12.1. The Balaban J connectivity index is 1.99. The van der Waals surface area contributed by atoms with Gasteiger partial charge in [0.15, 0.2) is 0 Å². The van der Waals surface area contributed by atoms with Crippen molar-refractivity contribution < 1.29 is 9.90 Å². The molecule has 2 heteroatoms. The van der Waals surface area contributed by atoms with E-state index in [4.69, 9.17) is 0 Å². The van der Waals surface area contributed by atoms with Crippen LogP contribution < -0.4 is 0 Å². The van der Waals surface area contributed by atoms with Gasteiger partial charge in [-0.3, -0.25) is 0 Å². The van der Waals surface area contributed by atoms with E-state index in [-0.39, 0.29) is 0 Å². The molecule has 3 aromatic rings. The van der Waals surface area contributed by atoms with Gasteiger partial charge in [-0.05, 0) is 29.5 Å². The van der Waals surface area contributed by atoms with Gasteiger partial charge in [-0.1, -0.05) is 96.6 Å². The fourth-order valence-corrected chi connectivity index (χ4v) is 3.11. The molecular weight excluding hydrogens is 320 g/mol. The number of hydrogen-bond donors (Lipinski definition) is 1. The summed E-state index contributed by atoms with van der Waals surface area (Å²) in [6, 6.07) is 29.9. The monoisotopic (exact) mass is 342 g/mol. The van der Waals surface area contributed by atoms with Crippen LogP contribution in [0.2, 0.25) is 0 Å². The second-order valence-electron chi connectivity index (χ2n) is 6.37. The maximum atomic E-state index is 12.1. The number of carboxylic acids is 1. The van der Waals surface area contributed by atoms with E-state index in [1.807, 2.05) is 91.0 Å².